The predicted molar refractivity (Wildman–Crippen MR) is 98.6 cm³/mol. The van der Waals surface area contributed by atoms with Crippen molar-refractivity contribution in [2.45, 2.75) is 20.4 Å². The lowest BCUT2D eigenvalue weighted by Crippen LogP contribution is -2.26. The molecule has 3 rings (SSSR count). The summed E-state index contributed by atoms with van der Waals surface area (Å²) in [4.78, 5) is 27.6. The van der Waals surface area contributed by atoms with Crippen LogP contribution in [-0.2, 0) is 6.54 Å². The van der Waals surface area contributed by atoms with E-state index in [1.54, 1.807) is 31.4 Å². The van der Waals surface area contributed by atoms with Crippen molar-refractivity contribution < 1.29 is 4.79 Å². The van der Waals surface area contributed by atoms with Gasteiger partial charge in [-0.15, -0.1) is 0 Å². The van der Waals surface area contributed by atoms with Gasteiger partial charge in [0, 0.05) is 49.7 Å². The van der Waals surface area contributed by atoms with Crippen LogP contribution in [0.15, 0.2) is 36.7 Å². The zero-order valence-corrected chi connectivity index (χ0v) is 14.9. The third-order valence-electron chi connectivity index (χ3n) is 4.10. The van der Waals surface area contributed by atoms with E-state index in [2.05, 4.69) is 20.3 Å². The zero-order valence-electron chi connectivity index (χ0n) is 14.9. The molecule has 1 aromatic carbocycles. The Labute approximate surface area is 146 Å². The number of fused-ring (bicyclic) bond motifs is 1. The van der Waals surface area contributed by atoms with Crippen LogP contribution in [0.4, 0.5) is 5.95 Å². The van der Waals surface area contributed by atoms with Crippen molar-refractivity contribution in [3.05, 3.63) is 59.0 Å². The van der Waals surface area contributed by atoms with Crippen LogP contribution in [0.5, 0.6) is 0 Å². The molecule has 6 nitrogen and oxygen atoms in total. The van der Waals surface area contributed by atoms with E-state index in [-0.39, 0.29) is 5.91 Å². The fourth-order valence-corrected chi connectivity index (χ4v) is 2.81. The van der Waals surface area contributed by atoms with Crippen molar-refractivity contribution in [2.75, 3.05) is 19.4 Å². The third-order valence-corrected chi connectivity index (χ3v) is 4.10. The molecule has 0 saturated carbocycles. The first-order chi connectivity index (χ1) is 12.0. The number of para-hydroxylation sites is 1. The van der Waals surface area contributed by atoms with Crippen molar-refractivity contribution in [3.63, 3.8) is 0 Å². The Bertz CT molecular complexity index is 921. The van der Waals surface area contributed by atoms with Gasteiger partial charge in [-0.3, -0.25) is 9.78 Å². The van der Waals surface area contributed by atoms with Crippen molar-refractivity contribution in [1.29, 1.82) is 0 Å². The van der Waals surface area contributed by atoms with Gasteiger partial charge in [-0.05, 0) is 25.5 Å². The quantitative estimate of drug-likeness (QED) is 0.794. The third kappa shape index (κ3) is 3.42. The molecule has 0 aliphatic carbocycles. The lowest BCUT2D eigenvalue weighted by molar-refractivity contribution is 0.0786. The van der Waals surface area contributed by atoms with E-state index >= 15 is 0 Å². The summed E-state index contributed by atoms with van der Waals surface area (Å²) in [6.07, 6.45) is 3.45. The standard InChI is InChI=1S/C19H21N5O/c1-12-6-5-7-15-16(8-13(2)23-17(12)15)18(25)24(4)11-14-9-21-19(20-3)22-10-14/h5-10H,11H2,1-4H3,(H,20,21,22). The second-order valence-electron chi connectivity index (χ2n) is 6.11. The number of nitrogens with one attached hydrogen (secondary N) is 1. The van der Waals surface area contributed by atoms with Crippen LogP contribution in [-0.4, -0.2) is 39.9 Å². The largest absolute Gasteiger partial charge is 0.357 e. The van der Waals surface area contributed by atoms with Gasteiger partial charge < -0.3 is 10.2 Å². The molecule has 0 bridgehead atoms. The smallest absolute Gasteiger partial charge is 0.254 e. The Morgan fingerprint density at radius 3 is 2.60 bits per heavy atom. The highest BCUT2D eigenvalue weighted by atomic mass is 16.2. The molecule has 3 aromatic rings. The highest BCUT2D eigenvalue weighted by Gasteiger charge is 2.17. The number of carbonyl (C=O) groups excluding carboxylic acids is 1. The summed E-state index contributed by atoms with van der Waals surface area (Å²) in [5.74, 6) is 0.516. The van der Waals surface area contributed by atoms with Crippen molar-refractivity contribution in [2.24, 2.45) is 0 Å². The van der Waals surface area contributed by atoms with E-state index in [1.165, 1.54) is 0 Å². The molecular weight excluding hydrogens is 314 g/mol. The van der Waals surface area contributed by atoms with Crippen LogP contribution in [0.25, 0.3) is 10.9 Å². The number of pyridine rings is 1. The van der Waals surface area contributed by atoms with Crippen LogP contribution in [0.1, 0.15) is 27.2 Å². The first-order valence-corrected chi connectivity index (χ1v) is 8.10. The van der Waals surface area contributed by atoms with Gasteiger partial charge in [-0.2, -0.15) is 0 Å². The summed E-state index contributed by atoms with van der Waals surface area (Å²) in [5, 5.41) is 3.76. The van der Waals surface area contributed by atoms with Crippen molar-refractivity contribution in [3.8, 4) is 0 Å². The number of anilines is 1. The van der Waals surface area contributed by atoms with Gasteiger partial charge >= 0.3 is 0 Å². The fraction of sp³-hybridized carbons (Fsp3) is 0.263. The predicted octanol–water partition coefficient (Wildman–Crippen LogP) is 2.96. The Balaban J connectivity index is 1.91. The van der Waals surface area contributed by atoms with E-state index in [1.807, 2.05) is 38.1 Å². The van der Waals surface area contributed by atoms with E-state index in [9.17, 15) is 4.79 Å². The Kier molecular flexibility index (Phi) is 4.61. The van der Waals surface area contributed by atoms with Crippen molar-refractivity contribution in [1.82, 2.24) is 19.9 Å². The summed E-state index contributed by atoms with van der Waals surface area (Å²) in [7, 11) is 3.55. The lowest BCUT2D eigenvalue weighted by atomic mass is 10.0. The number of rotatable bonds is 4. The minimum atomic E-state index is -0.0428. The number of hydrogen-bond donors (Lipinski definition) is 1. The molecule has 2 aromatic heterocycles. The molecule has 0 saturated heterocycles. The molecular formula is C19H21N5O. The van der Waals surface area contributed by atoms with E-state index < -0.39 is 0 Å². The Morgan fingerprint density at radius 2 is 1.92 bits per heavy atom. The lowest BCUT2D eigenvalue weighted by Gasteiger charge is -2.19. The van der Waals surface area contributed by atoms with Gasteiger partial charge in [-0.25, -0.2) is 9.97 Å². The van der Waals surface area contributed by atoms with Crippen LogP contribution in [0.2, 0.25) is 0 Å². The van der Waals surface area contributed by atoms with Gasteiger partial charge in [0.15, 0.2) is 0 Å². The average Bonchev–Trinajstić information content (AvgIpc) is 2.62. The number of hydrogen-bond acceptors (Lipinski definition) is 5. The summed E-state index contributed by atoms with van der Waals surface area (Å²) in [5.41, 5.74) is 4.32. The van der Waals surface area contributed by atoms with E-state index in [0.717, 1.165) is 27.7 Å². The minimum absolute atomic E-state index is 0.0428. The molecule has 0 aliphatic heterocycles. The highest BCUT2D eigenvalue weighted by molar-refractivity contribution is 6.06. The monoisotopic (exact) mass is 335 g/mol. The molecule has 2 heterocycles. The average molecular weight is 335 g/mol. The van der Waals surface area contributed by atoms with Crippen LogP contribution >= 0.6 is 0 Å². The van der Waals surface area contributed by atoms with E-state index in [0.29, 0.717) is 18.1 Å². The first kappa shape index (κ1) is 16.8. The molecule has 1 amide bonds. The van der Waals surface area contributed by atoms with Crippen molar-refractivity contribution >= 4 is 22.8 Å². The number of benzene rings is 1. The van der Waals surface area contributed by atoms with Gasteiger partial charge in [-0.1, -0.05) is 18.2 Å². The molecule has 0 aliphatic rings. The number of aryl methyl sites for hydroxylation is 2. The molecule has 25 heavy (non-hydrogen) atoms. The molecule has 0 unspecified atom stereocenters. The minimum Gasteiger partial charge on any atom is -0.357 e. The SMILES string of the molecule is CNc1ncc(CN(C)C(=O)c2cc(C)nc3c(C)cccc23)cn1. The second kappa shape index (κ2) is 6.84. The highest BCUT2D eigenvalue weighted by Crippen LogP contribution is 2.23. The van der Waals surface area contributed by atoms with Crippen LogP contribution in [0.3, 0.4) is 0 Å². The zero-order chi connectivity index (χ0) is 18.0. The summed E-state index contributed by atoms with van der Waals surface area (Å²) in [6.45, 7) is 4.36. The molecule has 128 valence electrons. The molecule has 0 spiro atoms. The van der Waals surface area contributed by atoms with E-state index in [4.69, 9.17) is 0 Å². The molecule has 1 N–H and O–H groups in total. The number of nitrogens with zero attached hydrogens (tertiary/aromatic N) is 4. The van der Waals surface area contributed by atoms with Crippen LogP contribution < -0.4 is 5.32 Å². The Hall–Kier alpha value is -3.02. The second-order valence-corrected chi connectivity index (χ2v) is 6.11. The van der Waals surface area contributed by atoms with Gasteiger partial charge in [0.05, 0.1) is 11.1 Å². The van der Waals surface area contributed by atoms with Gasteiger partial charge in [0.1, 0.15) is 0 Å². The normalized spacial score (nSPS) is 10.7. The molecule has 0 radical (unpaired) electrons. The summed E-state index contributed by atoms with van der Waals surface area (Å²) < 4.78 is 0. The number of aromatic nitrogens is 3. The molecule has 0 fully saturated rings. The number of amides is 1. The maximum absolute atomic E-state index is 13.0. The van der Waals surface area contributed by atoms with Crippen LogP contribution in [0, 0.1) is 13.8 Å². The van der Waals surface area contributed by atoms with Gasteiger partial charge in [0.2, 0.25) is 5.95 Å². The molecule has 0 atom stereocenters. The Morgan fingerprint density at radius 1 is 1.20 bits per heavy atom. The fourth-order valence-electron chi connectivity index (χ4n) is 2.81. The summed E-state index contributed by atoms with van der Waals surface area (Å²) >= 11 is 0. The first-order valence-electron chi connectivity index (χ1n) is 8.10. The topological polar surface area (TPSA) is 71.0 Å². The van der Waals surface area contributed by atoms with Gasteiger partial charge in [0.25, 0.3) is 5.91 Å². The maximum atomic E-state index is 13.0. The molecule has 6 heteroatoms. The number of carbonyl (C=O) groups is 1. The maximum Gasteiger partial charge on any atom is 0.254 e. The summed E-state index contributed by atoms with van der Waals surface area (Å²) in [6, 6.07) is 7.76.